The van der Waals surface area contributed by atoms with Crippen LogP contribution in [-0.2, 0) is 9.53 Å². The van der Waals surface area contributed by atoms with Crippen LogP contribution in [0.15, 0.2) is 0 Å². The number of morpholine rings is 1. The van der Waals surface area contributed by atoms with Crippen molar-refractivity contribution in [1.29, 1.82) is 0 Å². The molecule has 0 aromatic carbocycles. The van der Waals surface area contributed by atoms with Crippen LogP contribution in [-0.4, -0.2) is 67.2 Å². The van der Waals surface area contributed by atoms with Gasteiger partial charge in [-0.3, -0.25) is 9.69 Å². The molecule has 0 aromatic heterocycles. The third-order valence-corrected chi connectivity index (χ3v) is 5.31. The van der Waals surface area contributed by atoms with Gasteiger partial charge in [0.2, 0.25) is 5.91 Å². The van der Waals surface area contributed by atoms with Gasteiger partial charge in [0.25, 0.3) is 0 Å². The molecule has 3 rings (SSSR count). The first-order valence-electron chi connectivity index (χ1n) is 8.60. The molecule has 0 radical (unpaired) electrons. The molecule has 7 heteroatoms. The van der Waals surface area contributed by atoms with E-state index in [1.165, 1.54) is 6.42 Å². The lowest BCUT2D eigenvalue weighted by Crippen LogP contribution is -2.52. The minimum Gasteiger partial charge on any atom is -0.379 e. The minimum absolute atomic E-state index is 0. The molecule has 2 aliphatic heterocycles. The Morgan fingerprint density at radius 2 is 1.78 bits per heavy atom. The first-order valence-corrected chi connectivity index (χ1v) is 8.60. The van der Waals surface area contributed by atoms with Gasteiger partial charge in [0.05, 0.1) is 13.2 Å². The fourth-order valence-electron chi connectivity index (χ4n) is 4.04. The molecular formula is C16H31Cl2N3O2. The van der Waals surface area contributed by atoms with Crippen molar-refractivity contribution in [3.8, 4) is 0 Å². The molecule has 3 aliphatic rings. The normalized spacial score (nSPS) is 32.0. The standard InChI is InChI=1S/C16H29N3O2.2ClH/c17-14-5-4-13(11-14)16(20)19-6-2-1-3-15(19)12-18-7-9-21-10-8-18;;/h13-15H,1-12,17H2;2*1H. The highest BCUT2D eigenvalue weighted by molar-refractivity contribution is 5.85. The number of nitrogens with zero attached hydrogens (tertiary/aromatic N) is 2. The van der Waals surface area contributed by atoms with E-state index in [0.717, 1.165) is 71.5 Å². The molecule has 5 nitrogen and oxygen atoms in total. The van der Waals surface area contributed by atoms with Gasteiger partial charge in [-0.15, -0.1) is 24.8 Å². The highest BCUT2D eigenvalue weighted by atomic mass is 35.5. The number of amides is 1. The zero-order valence-electron chi connectivity index (χ0n) is 13.8. The molecule has 2 N–H and O–H groups in total. The highest BCUT2D eigenvalue weighted by Crippen LogP contribution is 2.29. The second kappa shape index (κ2) is 10.0. The van der Waals surface area contributed by atoms with Gasteiger partial charge in [0.15, 0.2) is 0 Å². The van der Waals surface area contributed by atoms with E-state index >= 15 is 0 Å². The van der Waals surface area contributed by atoms with Gasteiger partial charge in [-0.1, -0.05) is 0 Å². The van der Waals surface area contributed by atoms with E-state index in [0.29, 0.717) is 11.9 Å². The number of rotatable bonds is 3. The van der Waals surface area contributed by atoms with Crippen molar-refractivity contribution in [3.63, 3.8) is 0 Å². The monoisotopic (exact) mass is 367 g/mol. The molecule has 136 valence electrons. The quantitative estimate of drug-likeness (QED) is 0.823. The number of halogens is 2. The van der Waals surface area contributed by atoms with Crippen molar-refractivity contribution >= 4 is 30.7 Å². The van der Waals surface area contributed by atoms with Crippen LogP contribution in [0.1, 0.15) is 38.5 Å². The first kappa shape index (κ1) is 21.0. The Kier molecular flexibility index (Phi) is 9.16. The maximum Gasteiger partial charge on any atom is 0.226 e. The molecular weight excluding hydrogens is 337 g/mol. The largest absolute Gasteiger partial charge is 0.379 e. The molecule has 3 unspecified atom stereocenters. The zero-order chi connectivity index (χ0) is 14.7. The van der Waals surface area contributed by atoms with Crippen molar-refractivity contribution in [2.45, 2.75) is 50.6 Å². The predicted octanol–water partition coefficient (Wildman–Crippen LogP) is 1.67. The lowest BCUT2D eigenvalue weighted by Gasteiger charge is -2.40. The van der Waals surface area contributed by atoms with Crippen LogP contribution in [0.5, 0.6) is 0 Å². The molecule has 0 spiro atoms. The van der Waals surface area contributed by atoms with Crippen LogP contribution in [0.4, 0.5) is 0 Å². The number of likely N-dealkylation sites (tertiary alicyclic amines) is 1. The SMILES string of the molecule is Cl.Cl.NC1CCC(C(=O)N2CCCCC2CN2CCOCC2)C1. The number of nitrogens with two attached hydrogens (primary N) is 1. The number of hydrogen-bond donors (Lipinski definition) is 1. The van der Waals surface area contributed by atoms with Crippen LogP contribution in [0.25, 0.3) is 0 Å². The fourth-order valence-corrected chi connectivity index (χ4v) is 4.04. The van der Waals surface area contributed by atoms with Gasteiger partial charge in [-0.25, -0.2) is 0 Å². The third kappa shape index (κ3) is 5.46. The molecule has 1 saturated carbocycles. The van der Waals surface area contributed by atoms with E-state index in [4.69, 9.17) is 10.5 Å². The molecule has 1 aliphatic carbocycles. The first-order chi connectivity index (χ1) is 10.2. The van der Waals surface area contributed by atoms with Gasteiger partial charge < -0.3 is 15.4 Å². The number of hydrogen-bond acceptors (Lipinski definition) is 4. The molecule has 0 aromatic rings. The Hall–Kier alpha value is -0.0700. The predicted molar refractivity (Wildman–Crippen MR) is 96.4 cm³/mol. The average molecular weight is 368 g/mol. The second-order valence-electron chi connectivity index (χ2n) is 6.86. The van der Waals surface area contributed by atoms with Crippen LogP contribution < -0.4 is 5.73 Å². The molecule has 23 heavy (non-hydrogen) atoms. The van der Waals surface area contributed by atoms with Crippen molar-refractivity contribution < 1.29 is 9.53 Å². The van der Waals surface area contributed by atoms with E-state index in [9.17, 15) is 4.79 Å². The Morgan fingerprint density at radius 3 is 2.43 bits per heavy atom. The lowest BCUT2D eigenvalue weighted by atomic mass is 9.97. The van der Waals surface area contributed by atoms with Crippen LogP contribution in [0.2, 0.25) is 0 Å². The van der Waals surface area contributed by atoms with Gasteiger partial charge >= 0.3 is 0 Å². The summed E-state index contributed by atoms with van der Waals surface area (Å²) in [5.41, 5.74) is 5.98. The Morgan fingerprint density at radius 1 is 1.04 bits per heavy atom. The minimum atomic E-state index is 0. The van der Waals surface area contributed by atoms with Crippen LogP contribution >= 0.6 is 24.8 Å². The smallest absolute Gasteiger partial charge is 0.226 e. The second-order valence-corrected chi connectivity index (χ2v) is 6.86. The van der Waals surface area contributed by atoms with E-state index in [2.05, 4.69) is 9.80 Å². The van der Waals surface area contributed by atoms with Crippen molar-refractivity contribution in [2.24, 2.45) is 11.7 Å². The van der Waals surface area contributed by atoms with Gasteiger partial charge in [-0.2, -0.15) is 0 Å². The Balaban J connectivity index is 0.00000132. The van der Waals surface area contributed by atoms with Crippen LogP contribution in [0, 0.1) is 5.92 Å². The summed E-state index contributed by atoms with van der Waals surface area (Å²) in [6.07, 6.45) is 6.45. The van der Waals surface area contributed by atoms with Gasteiger partial charge in [-0.05, 0) is 38.5 Å². The summed E-state index contributed by atoms with van der Waals surface area (Å²) in [6, 6.07) is 0.641. The van der Waals surface area contributed by atoms with Gasteiger partial charge in [0.1, 0.15) is 0 Å². The number of carbonyl (C=O) groups excluding carboxylic acids is 1. The number of ether oxygens (including phenoxy) is 1. The molecule has 1 amide bonds. The average Bonchev–Trinajstić information content (AvgIpc) is 2.95. The maximum absolute atomic E-state index is 12.8. The summed E-state index contributed by atoms with van der Waals surface area (Å²) in [6.45, 7) is 5.64. The third-order valence-electron chi connectivity index (χ3n) is 5.31. The molecule has 2 saturated heterocycles. The molecule has 0 bridgehead atoms. The molecule has 2 heterocycles. The Bertz CT molecular complexity index is 367. The van der Waals surface area contributed by atoms with Crippen molar-refractivity contribution in [1.82, 2.24) is 9.80 Å². The summed E-state index contributed by atoms with van der Waals surface area (Å²) in [5, 5.41) is 0. The van der Waals surface area contributed by atoms with Crippen molar-refractivity contribution in [3.05, 3.63) is 0 Å². The zero-order valence-corrected chi connectivity index (χ0v) is 15.5. The topological polar surface area (TPSA) is 58.8 Å². The summed E-state index contributed by atoms with van der Waals surface area (Å²) in [7, 11) is 0. The molecule has 3 fully saturated rings. The summed E-state index contributed by atoms with van der Waals surface area (Å²) >= 11 is 0. The fraction of sp³-hybridized carbons (Fsp3) is 0.938. The summed E-state index contributed by atoms with van der Waals surface area (Å²) in [4.78, 5) is 17.5. The lowest BCUT2D eigenvalue weighted by molar-refractivity contribution is -0.139. The van der Waals surface area contributed by atoms with Crippen LogP contribution in [0.3, 0.4) is 0 Å². The maximum atomic E-state index is 12.8. The molecule has 3 atom stereocenters. The Labute approximate surface area is 152 Å². The number of carbonyl (C=O) groups is 1. The highest BCUT2D eigenvalue weighted by Gasteiger charge is 2.35. The summed E-state index contributed by atoms with van der Waals surface area (Å²) < 4.78 is 5.42. The van der Waals surface area contributed by atoms with E-state index in [1.807, 2.05) is 0 Å². The summed E-state index contributed by atoms with van der Waals surface area (Å²) in [5.74, 6) is 0.561. The van der Waals surface area contributed by atoms with E-state index in [1.54, 1.807) is 0 Å². The van der Waals surface area contributed by atoms with E-state index < -0.39 is 0 Å². The van der Waals surface area contributed by atoms with Gasteiger partial charge in [0, 0.05) is 44.2 Å². The van der Waals surface area contributed by atoms with E-state index in [-0.39, 0.29) is 36.8 Å². The van der Waals surface area contributed by atoms with Crippen molar-refractivity contribution in [2.75, 3.05) is 39.4 Å². The number of piperidine rings is 1.